The molecule has 94 valence electrons. The van der Waals surface area contributed by atoms with Crippen LogP contribution in [0.2, 0.25) is 0 Å². The van der Waals surface area contributed by atoms with Gasteiger partial charge in [0.25, 0.3) is 0 Å². The van der Waals surface area contributed by atoms with Gasteiger partial charge in [0.05, 0.1) is 0 Å². The molecule has 0 spiro atoms. The maximum atomic E-state index is 6.11. The number of thiophene rings is 1. The Kier molecular flexibility index (Phi) is 3.41. The number of ether oxygens (including phenoxy) is 1. The minimum atomic E-state index is 0.163. The van der Waals surface area contributed by atoms with Crippen molar-refractivity contribution >= 4 is 27.3 Å². The summed E-state index contributed by atoms with van der Waals surface area (Å²) in [4.78, 5) is 1.30. The predicted octanol–water partition coefficient (Wildman–Crippen LogP) is 4.29. The molecule has 1 N–H and O–H groups in total. The van der Waals surface area contributed by atoms with Crippen molar-refractivity contribution in [1.82, 2.24) is 5.32 Å². The molecule has 1 aliphatic heterocycles. The van der Waals surface area contributed by atoms with Gasteiger partial charge in [0.2, 0.25) is 0 Å². The molecule has 2 heterocycles. The van der Waals surface area contributed by atoms with Crippen molar-refractivity contribution in [2.24, 2.45) is 0 Å². The molecule has 18 heavy (non-hydrogen) atoms. The first-order valence-corrected chi connectivity index (χ1v) is 7.62. The lowest BCUT2D eigenvalue weighted by atomic mass is 9.96. The van der Waals surface area contributed by atoms with Gasteiger partial charge < -0.3 is 10.1 Å². The molecule has 0 fully saturated rings. The molecule has 0 saturated heterocycles. The van der Waals surface area contributed by atoms with Gasteiger partial charge in [0.1, 0.15) is 11.9 Å². The number of fused-ring (bicyclic) bond motifs is 1. The Labute approximate surface area is 119 Å². The average Bonchev–Trinajstić information content (AvgIpc) is 2.91. The Bertz CT molecular complexity index is 541. The zero-order valence-corrected chi connectivity index (χ0v) is 12.4. The molecule has 1 aliphatic rings. The summed E-state index contributed by atoms with van der Waals surface area (Å²) in [6.07, 6.45) is 1.14. The number of nitrogens with one attached hydrogen (secondary N) is 1. The van der Waals surface area contributed by atoms with E-state index in [1.54, 1.807) is 11.3 Å². The third-order valence-electron chi connectivity index (χ3n) is 3.28. The van der Waals surface area contributed by atoms with Crippen LogP contribution in [0, 0.1) is 0 Å². The van der Waals surface area contributed by atoms with Crippen LogP contribution in [-0.2, 0) is 0 Å². The van der Waals surface area contributed by atoms with Gasteiger partial charge in [0.15, 0.2) is 0 Å². The maximum absolute atomic E-state index is 6.11. The number of hydrogen-bond donors (Lipinski definition) is 1. The number of halogens is 1. The van der Waals surface area contributed by atoms with Gasteiger partial charge in [-0.1, -0.05) is 22.0 Å². The van der Waals surface area contributed by atoms with Gasteiger partial charge in [-0.05, 0) is 36.7 Å². The van der Waals surface area contributed by atoms with Crippen molar-refractivity contribution < 1.29 is 4.74 Å². The van der Waals surface area contributed by atoms with Crippen LogP contribution < -0.4 is 10.1 Å². The van der Waals surface area contributed by atoms with Crippen LogP contribution in [0.25, 0.3) is 0 Å². The van der Waals surface area contributed by atoms with E-state index in [-0.39, 0.29) is 6.10 Å². The Morgan fingerprint density at radius 2 is 2.28 bits per heavy atom. The zero-order valence-electron chi connectivity index (χ0n) is 10.0. The zero-order chi connectivity index (χ0) is 12.5. The molecule has 1 aromatic heterocycles. The Morgan fingerprint density at radius 3 is 3.00 bits per heavy atom. The topological polar surface area (TPSA) is 21.3 Å². The monoisotopic (exact) mass is 323 g/mol. The van der Waals surface area contributed by atoms with Crippen molar-refractivity contribution in [2.75, 3.05) is 7.05 Å². The minimum Gasteiger partial charge on any atom is -0.484 e. The highest BCUT2D eigenvalue weighted by atomic mass is 79.9. The van der Waals surface area contributed by atoms with Crippen molar-refractivity contribution in [3.8, 4) is 5.75 Å². The first-order valence-electron chi connectivity index (χ1n) is 5.94. The second-order valence-electron chi connectivity index (χ2n) is 4.38. The lowest BCUT2D eigenvalue weighted by Gasteiger charge is -2.31. The molecule has 0 radical (unpaired) electrons. The van der Waals surface area contributed by atoms with Crippen molar-refractivity contribution in [3.63, 3.8) is 0 Å². The van der Waals surface area contributed by atoms with E-state index >= 15 is 0 Å². The fraction of sp³-hybridized carbons (Fsp3) is 0.286. The molecule has 2 atom stereocenters. The van der Waals surface area contributed by atoms with Gasteiger partial charge in [-0.15, -0.1) is 11.3 Å². The van der Waals surface area contributed by atoms with Gasteiger partial charge in [-0.25, -0.2) is 0 Å². The van der Waals surface area contributed by atoms with Gasteiger partial charge in [0, 0.05) is 27.4 Å². The standard InChI is InChI=1S/C14H14BrNOS/c1-16-11-8-13(14-3-2-6-18-14)17-12-5-4-9(15)7-10(11)12/h2-7,11,13,16H,8H2,1H3. The summed E-state index contributed by atoms with van der Waals surface area (Å²) in [6, 6.07) is 10.8. The Hall–Kier alpha value is -0.840. The highest BCUT2D eigenvalue weighted by Gasteiger charge is 2.28. The van der Waals surface area contributed by atoms with Crippen LogP contribution in [0.15, 0.2) is 40.2 Å². The molecular formula is C14H14BrNOS. The van der Waals surface area contributed by atoms with Crippen molar-refractivity contribution in [2.45, 2.75) is 18.6 Å². The van der Waals surface area contributed by atoms with Crippen LogP contribution in [0.1, 0.15) is 29.0 Å². The fourth-order valence-corrected chi connectivity index (χ4v) is 3.51. The number of hydrogen-bond acceptors (Lipinski definition) is 3. The van der Waals surface area contributed by atoms with E-state index in [4.69, 9.17) is 4.74 Å². The van der Waals surface area contributed by atoms with Crippen LogP contribution in [0.4, 0.5) is 0 Å². The van der Waals surface area contributed by atoms with E-state index in [9.17, 15) is 0 Å². The quantitative estimate of drug-likeness (QED) is 0.889. The van der Waals surface area contributed by atoms with Crippen LogP contribution in [0.3, 0.4) is 0 Å². The summed E-state index contributed by atoms with van der Waals surface area (Å²) in [6.45, 7) is 0. The van der Waals surface area contributed by atoms with Crippen LogP contribution in [-0.4, -0.2) is 7.05 Å². The smallest absolute Gasteiger partial charge is 0.135 e. The molecule has 2 aromatic rings. The normalized spacial score (nSPS) is 22.3. The summed E-state index contributed by atoms with van der Waals surface area (Å²) >= 11 is 5.28. The molecule has 0 amide bonds. The molecule has 4 heteroatoms. The molecule has 0 bridgehead atoms. The van der Waals surface area contributed by atoms with Crippen LogP contribution in [0.5, 0.6) is 5.75 Å². The van der Waals surface area contributed by atoms with Crippen molar-refractivity contribution in [3.05, 3.63) is 50.6 Å². The first-order chi connectivity index (χ1) is 8.78. The molecule has 2 nitrogen and oxygen atoms in total. The van der Waals surface area contributed by atoms with Gasteiger partial charge in [-0.3, -0.25) is 0 Å². The third-order valence-corrected chi connectivity index (χ3v) is 4.73. The average molecular weight is 324 g/mol. The lowest BCUT2D eigenvalue weighted by molar-refractivity contribution is 0.157. The van der Waals surface area contributed by atoms with Crippen LogP contribution >= 0.6 is 27.3 Å². The van der Waals surface area contributed by atoms with Crippen molar-refractivity contribution in [1.29, 1.82) is 0 Å². The summed E-state index contributed by atoms with van der Waals surface area (Å²) in [7, 11) is 2.01. The molecule has 3 rings (SSSR count). The predicted molar refractivity (Wildman–Crippen MR) is 78.2 cm³/mol. The van der Waals surface area contributed by atoms with E-state index < -0.39 is 0 Å². The number of benzene rings is 1. The van der Waals surface area contributed by atoms with Gasteiger partial charge in [-0.2, -0.15) is 0 Å². The second kappa shape index (κ2) is 5.03. The highest BCUT2D eigenvalue weighted by molar-refractivity contribution is 9.10. The summed E-state index contributed by atoms with van der Waals surface area (Å²) in [5, 5.41) is 5.48. The third kappa shape index (κ3) is 2.20. The molecule has 0 saturated carbocycles. The Morgan fingerprint density at radius 1 is 1.39 bits per heavy atom. The molecule has 2 unspecified atom stereocenters. The molecule has 1 aromatic carbocycles. The lowest BCUT2D eigenvalue weighted by Crippen LogP contribution is -2.26. The molecular weight excluding hydrogens is 310 g/mol. The van der Waals surface area contributed by atoms with E-state index in [0.717, 1.165) is 16.6 Å². The first kappa shape index (κ1) is 12.2. The summed E-state index contributed by atoms with van der Waals surface area (Å²) < 4.78 is 7.21. The summed E-state index contributed by atoms with van der Waals surface area (Å²) in [5.74, 6) is 0.988. The Balaban J connectivity index is 1.97. The minimum absolute atomic E-state index is 0.163. The largest absolute Gasteiger partial charge is 0.484 e. The maximum Gasteiger partial charge on any atom is 0.135 e. The van der Waals surface area contributed by atoms with E-state index in [0.29, 0.717) is 6.04 Å². The van der Waals surface area contributed by atoms with E-state index in [2.05, 4.69) is 44.8 Å². The SMILES string of the molecule is CNC1CC(c2cccs2)Oc2ccc(Br)cc21. The van der Waals surface area contributed by atoms with E-state index in [1.165, 1.54) is 10.4 Å². The highest BCUT2D eigenvalue weighted by Crippen LogP contribution is 2.42. The summed E-state index contributed by atoms with van der Waals surface area (Å²) in [5.41, 5.74) is 1.24. The van der Waals surface area contributed by atoms with E-state index in [1.807, 2.05) is 19.2 Å². The van der Waals surface area contributed by atoms with Gasteiger partial charge >= 0.3 is 0 Å². The molecule has 0 aliphatic carbocycles. The second-order valence-corrected chi connectivity index (χ2v) is 6.28. The fourth-order valence-electron chi connectivity index (χ4n) is 2.36. The number of rotatable bonds is 2.